The molecule has 0 radical (unpaired) electrons. The molecule has 6 heteroatoms. The van der Waals surface area contributed by atoms with Crippen LogP contribution in [0.3, 0.4) is 0 Å². The summed E-state index contributed by atoms with van der Waals surface area (Å²) >= 11 is 0. The molecule has 0 saturated carbocycles. The average molecular weight is 320 g/mol. The number of hydrogen-bond donors (Lipinski definition) is 3. The van der Waals surface area contributed by atoms with Gasteiger partial charge in [0.2, 0.25) is 0 Å². The first kappa shape index (κ1) is 17.6. The first-order chi connectivity index (χ1) is 10.8. The van der Waals surface area contributed by atoms with Gasteiger partial charge in [-0.2, -0.15) is 0 Å². The molecular formula is C17H28N4O2. The Balaban J connectivity index is 1.94. The van der Waals surface area contributed by atoms with Gasteiger partial charge in [0.05, 0.1) is 0 Å². The van der Waals surface area contributed by atoms with Gasteiger partial charge in [0, 0.05) is 37.4 Å². The lowest BCUT2D eigenvalue weighted by molar-refractivity contribution is 0.0504. The third kappa shape index (κ3) is 5.11. The summed E-state index contributed by atoms with van der Waals surface area (Å²) in [6.07, 6.45) is 0.524. The van der Waals surface area contributed by atoms with Gasteiger partial charge >= 0.3 is 6.09 Å². The number of benzene rings is 1. The summed E-state index contributed by atoms with van der Waals surface area (Å²) in [7, 11) is 0. The van der Waals surface area contributed by atoms with Crippen LogP contribution in [0.25, 0.3) is 0 Å². The minimum Gasteiger partial charge on any atom is -0.444 e. The molecule has 1 aromatic rings. The molecule has 128 valence electrons. The zero-order chi connectivity index (χ0) is 17.0. The Morgan fingerprint density at radius 3 is 2.83 bits per heavy atom. The van der Waals surface area contributed by atoms with Gasteiger partial charge in [-0.3, -0.25) is 4.90 Å². The number of ether oxygens (including phenoxy) is 1. The first-order valence-electron chi connectivity index (χ1n) is 8.07. The highest BCUT2D eigenvalue weighted by Gasteiger charge is 2.30. The third-order valence-electron chi connectivity index (χ3n) is 3.90. The highest BCUT2D eigenvalue weighted by atomic mass is 16.6. The molecule has 2 rings (SSSR count). The topological polar surface area (TPSA) is 93.6 Å². The van der Waals surface area contributed by atoms with E-state index >= 15 is 0 Å². The Bertz CT molecular complexity index is 542. The summed E-state index contributed by atoms with van der Waals surface area (Å²) < 4.78 is 5.31. The number of nitrogens with one attached hydrogen (secondary N) is 1. The molecule has 1 amide bonds. The van der Waals surface area contributed by atoms with Crippen molar-refractivity contribution in [3.05, 3.63) is 29.8 Å². The van der Waals surface area contributed by atoms with Crippen LogP contribution in [0, 0.1) is 0 Å². The van der Waals surface area contributed by atoms with Gasteiger partial charge in [-0.05, 0) is 44.9 Å². The quantitative estimate of drug-likeness (QED) is 0.736. The van der Waals surface area contributed by atoms with Crippen LogP contribution < -0.4 is 16.8 Å². The number of nitrogen functional groups attached to an aromatic ring is 1. The largest absolute Gasteiger partial charge is 0.444 e. The van der Waals surface area contributed by atoms with Crippen LogP contribution in [0.2, 0.25) is 0 Å². The fraction of sp³-hybridized carbons (Fsp3) is 0.588. The molecule has 1 fully saturated rings. The second kappa shape index (κ2) is 7.19. The minimum absolute atomic E-state index is 0.0833. The maximum Gasteiger partial charge on any atom is 0.407 e. The molecule has 1 heterocycles. The van der Waals surface area contributed by atoms with Crippen LogP contribution in [0.15, 0.2) is 24.3 Å². The van der Waals surface area contributed by atoms with Crippen LogP contribution in [0.5, 0.6) is 0 Å². The fourth-order valence-corrected chi connectivity index (χ4v) is 2.92. The van der Waals surface area contributed by atoms with Gasteiger partial charge in [-0.25, -0.2) is 4.79 Å². The molecule has 2 atom stereocenters. The number of nitrogens with two attached hydrogens (primary N) is 2. The lowest BCUT2D eigenvalue weighted by Crippen LogP contribution is -2.41. The van der Waals surface area contributed by atoms with Crippen molar-refractivity contribution in [2.24, 2.45) is 5.73 Å². The van der Waals surface area contributed by atoms with E-state index in [1.54, 1.807) is 0 Å². The molecule has 0 aromatic heterocycles. The normalized spacial score (nSPS) is 20.3. The molecule has 6 nitrogen and oxygen atoms in total. The molecule has 1 aromatic carbocycles. The molecule has 2 unspecified atom stereocenters. The number of anilines is 1. The first-order valence-corrected chi connectivity index (χ1v) is 8.07. The second-order valence-corrected chi connectivity index (χ2v) is 7.05. The smallest absolute Gasteiger partial charge is 0.407 e. The summed E-state index contributed by atoms with van der Waals surface area (Å²) in [6, 6.07) is 8.02. The zero-order valence-corrected chi connectivity index (χ0v) is 14.2. The Kier molecular flexibility index (Phi) is 5.49. The maximum absolute atomic E-state index is 11.9. The van der Waals surface area contributed by atoms with E-state index in [4.69, 9.17) is 16.2 Å². The predicted molar refractivity (Wildman–Crippen MR) is 92.0 cm³/mol. The predicted octanol–water partition coefficient (Wildman–Crippen LogP) is 1.87. The van der Waals surface area contributed by atoms with Crippen molar-refractivity contribution in [3.8, 4) is 0 Å². The van der Waals surface area contributed by atoms with Gasteiger partial charge in [0.25, 0.3) is 0 Å². The van der Waals surface area contributed by atoms with Gasteiger partial charge in [-0.15, -0.1) is 0 Å². The molecular weight excluding hydrogens is 292 g/mol. The molecule has 1 saturated heterocycles. The molecule has 0 spiro atoms. The highest BCUT2D eigenvalue weighted by molar-refractivity contribution is 5.68. The number of likely N-dealkylation sites (tertiary alicyclic amines) is 1. The van der Waals surface area contributed by atoms with E-state index in [0.717, 1.165) is 30.8 Å². The highest BCUT2D eigenvalue weighted by Crippen LogP contribution is 2.25. The molecule has 23 heavy (non-hydrogen) atoms. The number of carbonyl (C=O) groups excluding carboxylic acids is 1. The van der Waals surface area contributed by atoms with E-state index < -0.39 is 5.60 Å². The van der Waals surface area contributed by atoms with Crippen molar-refractivity contribution in [3.63, 3.8) is 0 Å². The molecule has 0 bridgehead atoms. The van der Waals surface area contributed by atoms with Crippen molar-refractivity contribution in [2.75, 3.05) is 25.4 Å². The van der Waals surface area contributed by atoms with E-state index in [1.165, 1.54) is 0 Å². The van der Waals surface area contributed by atoms with Crippen molar-refractivity contribution in [1.29, 1.82) is 0 Å². The number of nitrogens with zero attached hydrogens (tertiary/aromatic N) is 1. The van der Waals surface area contributed by atoms with Crippen LogP contribution in [0.1, 0.15) is 38.8 Å². The van der Waals surface area contributed by atoms with Gasteiger partial charge in [0.15, 0.2) is 0 Å². The second-order valence-electron chi connectivity index (χ2n) is 7.05. The maximum atomic E-state index is 11.9. The van der Waals surface area contributed by atoms with Gasteiger partial charge in [0.1, 0.15) is 5.60 Å². The monoisotopic (exact) mass is 320 g/mol. The molecule has 1 aliphatic rings. The Labute approximate surface area is 138 Å². The van der Waals surface area contributed by atoms with Crippen molar-refractivity contribution in [2.45, 2.75) is 44.9 Å². The number of hydrogen-bond acceptors (Lipinski definition) is 5. The van der Waals surface area contributed by atoms with Crippen LogP contribution >= 0.6 is 0 Å². The molecule has 1 aliphatic heterocycles. The Hall–Kier alpha value is -1.79. The lowest BCUT2D eigenvalue weighted by atomic mass is 10.1. The van der Waals surface area contributed by atoms with E-state index in [9.17, 15) is 4.79 Å². The van der Waals surface area contributed by atoms with Crippen molar-refractivity contribution >= 4 is 11.8 Å². The summed E-state index contributed by atoms with van der Waals surface area (Å²) in [6.45, 7) is 7.74. The van der Waals surface area contributed by atoms with Crippen molar-refractivity contribution in [1.82, 2.24) is 10.2 Å². The number of rotatable bonds is 4. The van der Waals surface area contributed by atoms with E-state index in [1.807, 2.05) is 45.0 Å². The van der Waals surface area contributed by atoms with Crippen molar-refractivity contribution < 1.29 is 9.53 Å². The number of carbonyl (C=O) groups is 1. The summed E-state index contributed by atoms with van der Waals surface area (Å²) in [5.74, 6) is 0. The van der Waals surface area contributed by atoms with Crippen LogP contribution in [-0.4, -0.2) is 42.3 Å². The summed E-state index contributed by atoms with van der Waals surface area (Å²) in [5, 5.41) is 2.94. The van der Waals surface area contributed by atoms with Crippen LogP contribution in [0.4, 0.5) is 10.5 Å². The zero-order valence-electron chi connectivity index (χ0n) is 14.2. The van der Waals surface area contributed by atoms with Crippen LogP contribution in [-0.2, 0) is 4.74 Å². The molecule has 5 N–H and O–H groups in total. The fourth-order valence-electron chi connectivity index (χ4n) is 2.92. The number of amides is 1. The summed E-state index contributed by atoms with van der Waals surface area (Å²) in [4.78, 5) is 14.2. The van der Waals surface area contributed by atoms with Gasteiger partial charge in [-0.1, -0.05) is 12.1 Å². The standard InChI is InChI=1S/C17H28N4O2/c1-17(2,3)23-16(22)20-14-7-8-21(11-14)15(10-18)12-5-4-6-13(19)9-12/h4-6,9,14-15H,7-8,10-11,18-19H2,1-3H3,(H,20,22). The van der Waals surface area contributed by atoms with Gasteiger partial charge < -0.3 is 21.5 Å². The lowest BCUT2D eigenvalue weighted by Gasteiger charge is -2.27. The minimum atomic E-state index is -0.482. The third-order valence-corrected chi connectivity index (χ3v) is 3.90. The number of alkyl carbamates (subject to hydrolysis) is 1. The average Bonchev–Trinajstić information content (AvgIpc) is 2.85. The molecule has 0 aliphatic carbocycles. The Morgan fingerprint density at radius 2 is 2.22 bits per heavy atom. The Morgan fingerprint density at radius 1 is 1.48 bits per heavy atom. The van der Waals surface area contributed by atoms with E-state index in [-0.39, 0.29) is 18.2 Å². The van der Waals surface area contributed by atoms with E-state index in [2.05, 4.69) is 10.2 Å². The SMILES string of the molecule is CC(C)(C)OC(=O)NC1CCN(C(CN)c2cccc(N)c2)C1. The van der Waals surface area contributed by atoms with E-state index in [0.29, 0.717) is 6.54 Å². The summed E-state index contributed by atoms with van der Waals surface area (Å²) in [5.41, 5.74) is 13.2.